The van der Waals surface area contributed by atoms with E-state index >= 15 is 0 Å². The van der Waals surface area contributed by atoms with Gasteiger partial charge in [0.2, 0.25) is 5.91 Å². The van der Waals surface area contributed by atoms with Crippen molar-refractivity contribution in [3.05, 3.63) is 96.1 Å². The molecule has 0 fully saturated rings. The first kappa shape index (κ1) is 22.7. The highest BCUT2D eigenvalue weighted by Crippen LogP contribution is 2.29. The Morgan fingerprint density at radius 1 is 0.912 bits per heavy atom. The third-order valence-corrected chi connectivity index (χ3v) is 5.34. The first-order valence-electron chi connectivity index (χ1n) is 10.8. The van der Waals surface area contributed by atoms with Gasteiger partial charge in [-0.25, -0.2) is 0 Å². The molecule has 3 aromatic rings. The fourth-order valence-electron chi connectivity index (χ4n) is 3.67. The highest BCUT2D eigenvalue weighted by Gasteiger charge is 2.28. The summed E-state index contributed by atoms with van der Waals surface area (Å²) in [7, 11) is 0. The molecule has 1 aliphatic heterocycles. The molecule has 8 nitrogen and oxygen atoms in total. The van der Waals surface area contributed by atoms with Crippen molar-refractivity contribution >= 4 is 35.1 Å². The van der Waals surface area contributed by atoms with Crippen molar-refractivity contribution in [2.24, 2.45) is 0 Å². The largest absolute Gasteiger partial charge is 0.455 e. The minimum absolute atomic E-state index is 0.160. The molecular formula is C26H23N3O5. The molecule has 172 valence electrons. The van der Waals surface area contributed by atoms with Crippen molar-refractivity contribution in [1.82, 2.24) is 5.32 Å². The van der Waals surface area contributed by atoms with Gasteiger partial charge in [-0.2, -0.15) is 0 Å². The van der Waals surface area contributed by atoms with E-state index in [4.69, 9.17) is 4.74 Å². The first-order chi connectivity index (χ1) is 16.5. The predicted molar refractivity (Wildman–Crippen MR) is 126 cm³/mol. The number of fused-ring (bicyclic) bond motifs is 1. The Morgan fingerprint density at radius 2 is 1.56 bits per heavy atom. The molecule has 3 aromatic carbocycles. The number of amides is 3. The number of carbonyl (C=O) groups excluding carboxylic acids is 4. The highest BCUT2D eigenvalue weighted by molar-refractivity contribution is 6.10. The molecule has 0 aromatic heterocycles. The zero-order chi connectivity index (χ0) is 23.9. The Morgan fingerprint density at radius 3 is 2.29 bits per heavy atom. The monoisotopic (exact) mass is 457 g/mol. The van der Waals surface area contributed by atoms with Crippen LogP contribution >= 0.6 is 0 Å². The molecule has 2 N–H and O–H groups in total. The second-order valence-electron chi connectivity index (χ2n) is 7.71. The van der Waals surface area contributed by atoms with Gasteiger partial charge in [0, 0.05) is 5.56 Å². The van der Waals surface area contributed by atoms with Gasteiger partial charge in [-0.3, -0.25) is 24.1 Å². The molecule has 1 aliphatic rings. The van der Waals surface area contributed by atoms with Crippen LogP contribution in [-0.2, 0) is 19.1 Å². The number of hydrogen-bond donors (Lipinski definition) is 2. The summed E-state index contributed by atoms with van der Waals surface area (Å²) in [5.41, 5.74) is 2.26. The third-order valence-electron chi connectivity index (χ3n) is 5.34. The van der Waals surface area contributed by atoms with Crippen molar-refractivity contribution in [1.29, 1.82) is 0 Å². The van der Waals surface area contributed by atoms with Crippen molar-refractivity contribution in [2.75, 3.05) is 23.4 Å². The lowest BCUT2D eigenvalue weighted by atomic mass is 10.0. The minimum atomic E-state index is -0.648. The Kier molecular flexibility index (Phi) is 6.98. The van der Waals surface area contributed by atoms with Crippen molar-refractivity contribution < 1.29 is 23.9 Å². The van der Waals surface area contributed by atoms with Crippen LogP contribution in [0.5, 0.6) is 0 Å². The number of nitrogens with zero attached hydrogens (tertiary/aromatic N) is 1. The molecule has 4 rings (SSSR count). The van der Waals surface area contributed by atoms with Gasteiger partial charge in [0.05, 0.1) is 23.8 Å². The van der Waals surface area contributed by atoms with E-state index in [1.165, 1.54) is 4.90 Å². The molecule has 0 radical (unpaired) electrons. The quantitative estimate of drug-likeness (QED) is 0.531. The molecule has 0 saturated carbocycles. The molecule has 0 saturated heterocycles. The summed E-state index contributed by atoms with van der Waals surface area (Å²) in [6, 6.07) is 24.0. The van der Waals surface area contributed by atoms with Gasteiger partial charge >= 0.3 is 5.97 Å². The van der Waals surface area contributed by atoms with Gasteiger partial charge in [0.25, 0.3) is 11.8 Å². The number of hydrogen-bond acceptors (Lipinski definition) is 5. The van der Waals surface area contributed by atoms with Crippen LogP contribution < -0.4 is 15.5 Å². The third kappa shape index (κ3) is 5.47. The van der Waals surface area contributed by atoms with Gasteiger partial charge in [-0.15, -0.1) is 0 Å². The lowest BCUT2D eigenvalue weighted by Crippen LogP contribution is -2.44. The second-order valence-corrected chi connectivity index (χ2v) is 7.71. The molecule has 1 unspecified atom stereocenters. The molecule has 0 bridgehead atoms. The van der Waals surface area contributed by atoms with E-state index in [9.17, 15) is 19.2 Å². The molecule has 8 heteroatoms. The summed E-state index contributed by atoms with van der Waals surface area (Å²) < 4.78 is 5.23. The van der Waals surface area contributed by atoms with E-state index in [-0.39, 0.29) is 24.8 Å². The highest BCUT2D eigenvalue weighted by atomic mass is 16.5. The molecule has 3 amide bonds. The second kappa shape index (κ2) is 10.4. The molecule has 0 aliphatic carbocycles. The van der Waals surface area contributed by atoms with E-state index < -0.39 is 24.5 Å². The summed E-state index contributed by atoms with van der Waals surface area (Å²) in [6.07, 6.45) is -0.160. The number of benzene rings is 3. The van der Waals surface area contributed by atoms with Gasteiger partial charge < -0.3 is 15.4 Å². The average Bonchev–Trinajstić information content (AvgIpc) is 2.87. The summed E-state index contributed by atoms with van der Waals surface area (Å²) in [5.74, 6) is -1.81. The van der Waals surface area contributed by atoms with Gasteiger partial charge in [0.15, 0.2) is 6.61 Å². The minimum Gasteiger partial charge on any atom is -0.455 e. The van der Waals surface area contributed by atoms with Crippen molar-refractivity contribution in [3.63, 3.8) is 0 Å². The van der Waals surface area contributed by atoms with Crippen LogP contribution in [0.2, 0.25) is 0 Å². The Bertz CT molecular complexity index is 1200. The van der Waals surface area contributed by atoms with Crippen molar-refractivity contribution in [2.45, 2.75) is 12.5 Å². The smallest absolute Gasteiger partial charge is 0.308 e. The van der Waals surface area contributed by atoms with Crippen LogP contribution in [0.1, 0.15) is 28.4 Å². The molecule has 1 heterocycles. The van der Waals surface area contributed by atoms with E-state index in [1.807, 2.05) is 24.3 Å². The number of para-hydroxylation sites is 2. The van der Waals surface area contributed by atoms with E-state index in [0.29, 0.717) is 16.9 Å². The first-order valence-corrected chi connectivity index (χ1v) is 10.8. The lowest BCUT2D eigenvalue weighted by molar-refractivity contribution is -0.148. The summed E-state index contributed by atoms with van der Waals surface area (Å²) >= 11 is 0. The fourth-order valence-corrected chi connectivity index (χ4v) is 3.67. The molecule has 0 spiro atoms. The zero-order valence-corrected chi connectivity index (χ0v) is 18.3. The van der Waals surface area contributed by atoms with Crippen LogP contribution in [0, 0.1) is 0 Å². The van der Waals surface area contributed by atoms with Gasteiger partial charge in [0.1, 0.15) is 6.54 Å². The number of rotatable bonds is 7. The molecule has 34 heavy (non-hydrogen) atoms. The van der Waals surface area contributed by atoms with Gasteiger partial charge in [-0.1, -0.05) is 60.7 Å². The maximum atomic E-state index is 12.7. The number of nitrogens with one attached hydrogen (secondary N) is 2. The SMILES string of the molecule is O=C1CN(C(=O)COC(=O)CC(NC(=O)c2ccccc2)c2ccccc2)c2ccccc2N1. The fraction of sp³-hybridized carbons (Fsp3) is 0.154. The Labute approximate surface area is 196 Å². The molecule has 1 atom stereocenters. The van der Waals surface area contributed by atoms with Gasteiger partial charge in [-0.05, 0) is 29.8 Å². The van der Waals surface area contributed by atoms with Crippen LogP contribution in [0.4, 0.5) is 11.4 Å². The number of esters is 1. The number of carbonyl (C=O) groups is 4. The normalized spacial score (nSPS) is 13.3. The van der Waals surface area contributed by atoms with Crippen LogP contribution in [-0.4, -0.2) is 36.8 Å². The summed E-state index contributed by atoms with van der Waals surface area (Å²) in [5, 5.41) is 5.57. The molecular weight excluding hydrogens is 434 g/mol. The predicted octanol–water partition coefficient (Wildman–Crippen LogP) is 3.08. The van der Waals surface area contributed by atoms with Crippen LogP contribution in [0.3, 0.4) is 0 Å². The lowest BCUT2D eigenvalue weighted by Gasteiger charge is -2.29. The topological polar surface area (TPSA) is 105 Å². The maximum absolute atomic E-state index is 12.7. The number of ether oxygens (including phenoxy) is 1. The van der Waals surface area contributed by atoms with Crippen LogP contribution in [0.25, 0.3) is 0 Å². The number of anilines is 2. The maximum Gasteiger partial charge on any atom is 0.308 e. The van der Waals surface area contributed by atoms with Crippen molar-refractivity contribution in [3.8, 4) is 0 Å². The Hall–Kier alpha value is -4.46. The van der Waals surface area contributed by atoms with E-state index in [1.54, 1.807) is 60.7 Å². The van der Waals surface area contributed by atoms with E-state index in [0.717, 1.165) is 5.56 Å². The van der Waals surface area contributed by atoms with Crippen LogP contribution in [0.15, 0.2) is 84.9 Å². The van der Waals surface area contributed by atoms with E-state index in [2.05, 4.69) is 10.6 Å². The zero-order valence-electron chi connectivity index (χ0n) is 18.3. The average molecular weight is 457 g/mol. The summed E-state index contributed by atoms with van der Waals surface area (Å²) in [4.78, 5) is 51.2. The Balaban J connectivity index is 1.41. The summed E-state index contributed by atoms with van der Waals surface area (Å²) in [6.45, 7) is -0.679. The standard InChI is InChI=1S/C26H23N3O5/c30-23-16-29(22-14-8-7-13-20(22)27-23)24(31)17-34-25(32)15-21(18-9-3-1-4-10-18)28-26(33)19-11-5-2-6-12-19/h1-14,21H,15-17H2,(H,27,30)(H,28,33).